The molecule has 0 amide bonds. The van der Waals surface area contributed by atoms with Gasteiger partial charge in [0, 0.05) is 18.0 Å². The van der Waals surface area contributed by atoms with E-state index in [0.717, 1.165) is 42.5 Å². The smallest absolute Gasteiger partial charge is 0.0881 e. The molecule has 4 nitrogen and oxygen atoms in total. The molecule has 0 radical (unpaired) electrons. The van der Waals surface area contributed by atoms with Crippen molar-refractivity contribution >= 4 is 16.6 Å². The van der Waals surface area contributed by atoms with Gasteiger partial charge in [-0.15, -0.1) is 0 Å². The van der Waals surface area contributed by atoms with Gasteiger partial charge in [-0.1, -0.05) is 19.1 Å². The molecule has 1 aromatic carbocycles. The molecule has 1 aromatic heterocycles. The zero-order valence-corrected chi connectivity index (χ0v) is 10.6. The lowest BCUT2D eigenvalue weighted by Gasteiger charge is -2.30. The van der Waals surface area contributed by atoms with Crippen LogP contribution in [-0.2, 0) is 4.74 Å². The summed E-state index contributed by atoms with van der Waals surface area (Å²) in [5, 5.41) is 11.9. The first-order valence-electron chi connectivity index (χ1n) is 6.67. The van der Waals surface area contributed by atoms with Crippen molar-refractivity contribution in [1.29, 1.82) is 0 Å². The van der Waals surface area contributed by atoms with E-state index in [9.17, 15) is 0 Å². The number of rotatable bonds is 3. The summed E-state index contributed by atoms with van der Waals surface area (Å²) in [5.74, 6) is 0. The molecular weight excluding hydrogens is 226 g/mol. The number of nitrogens with zero attached hydrogens (tertiary/aromatic N) is 1. The highest BCUT2D eigenvalue weighted by Gasteiger charge is 2.21. The Kier molecular flexibility index (Phi) is 3.19. The van der Waals surface area contributed by atoms with Gasteiger partial charge in [-0.25, -0.2) is 0 Å². The molecule has 2 atom stereocenters. The van der Waals surface area contributed by atoms with Crippen LogP contribution in [0.25, 0.3) is 10.9 Å². The number of ether oxygens (including phenoxy) is 1. The molecule has 4 heteroatoms. The van der Waals surface area contributed by atoms with Gasteiger partial charge >= 0.3 is 0 Å². The predicted molar refractivity (Wildman–Crippen MR) is 72.8 cm³/mol. The normalized spacial score (nSPS) is 24.3. The SMILES string of the molecule is CCC1CC(Nc2cccc3cn[nH]c23)CCO1. The molecule has 0 bridgehead atoms. The van der Waals surface area contributed by atoms with Crippen molar-refractivity contribution in [2.75, 3.05) is 11.9 Å². The highest BCUT2D eigenvalue weighted by atomic mass is 16.5. The third-order valence-electron chi connectivity index (χ3n) is 3.66. The lowest BCUT2D eigenvalue weighted by Crippen LogP contribution is -2.33. The number of nitrogens with one attached hydrogen (secondary N) is 2. The van der Waals surface area contributed by atoms with E-state index in [0.29, 0.717) is 12.1 Å². The fraction of sp³-hybridized carbons (Fsp3) is 0.500. The molecule has 2 aromatic rings. The number of anilines is 1. The summed E-state index contributed by atoms with van der Waals surface area (Å²) in [5.41, 5.74) is 2.24. The molecule has 1 fully saturated rings. The summed E-state index contributed by atoms with van der Waals surface area (Å²) in [7, 11) is 0. The summed E-state index contributed by atoms with van der Waals surface area (Å²) < 4.78 is 5.71. The average Bonchev–Trinajstić information content (AvgIpc) is 2.88. The van der Waals surface area contributed by atoms with Crippen molar-refractivity contribution in [2.45, 2.75) is 38.3 Å². The molecule has 2 N–H and O–H groups in total. The molecule has 2 heterocycles. The van der Waals surface area contributed by atoms with Gasteiger partial charge in [-0.3, -0.25) is 5.10 Å². The van der Waals surface area contributed by atoms with E-state index in [-0.39, 0.29) is 0 Å². The van der Waals surface area contributed by atoms with Gasteiger partial charge in [0.2, 0.25) is 0 Å². The molecule has 0 aliphatic carbocycles. The monoisotopic (exact) mass is 245 g/mol. The average molecular weight is 245 g/mol. The van der Waals surface area contributed by atoms with Gasteiger partial charge in [0.05, 0.1) is 23.5 Å². The number of benzene rings is 1. The van der Waals surface area contributed by atoms with Gasteiger partial charge in [-0.2, -0.15) is 5.10 Å². The number of para-hydroxylation sites is 1. The number of H-pyrrole nitrogens is 1. The first-order chi connectivity index (χ1) is 8.86. The van der Waals surface area contributed by atoms with E-state index < -0.39 is 0 Å². The molecule has 1 saturated heterocycles. The first kappa shape index (κ1) is 11.5. The van der Waals surface area contributed by atoms with Crippen molar-refractivity contribution in [3.05, 3.63) is 24.4 Å². The molecule has 2 unspecified atom stereocenters. The Morgan fingerprint density at radius 2 is 2.44 bits per heavy atom. The number of aromatic nitrogens is 2. The van der Waals surface area contributed by atoms with Crippen LogP contribution in [0, 0.1) is 0 Å². The maximum absolute atomic E-state index is 5.71. The van der Waals surface area contributed by atoms with Crippen LogP contribution in [-0.4, -0.2) is 29.0 Å². The van der Waals surface area contributed by atoms with Gasteiger partial charge < -0.3 is 10.1 Å². The Morgan fingerprint density at radius 3 is 3.33 bits per heavy atom. The predicted octanol–water partition coefficient (Wildman–Crippen LogP) is 2.93. The minimum Gasteiger partial charge on any atom is -0.380 e. The van der Waals surface area contributed by atoms with Crippen LogP contribution in [0.15, 0.2) is 24.4 Å². The molecule has 18 heavy (non-hydrogen) atoms. The van der Waals surface area contributed by atoms with Crippen LogP contribution in [0.5, 0.6) is 0 Å². The second-order valence-corrected chi connectivity index (χ2v) is 4.91. The van der Waals surface area contributed by atoms with E-state index in [2.05, 4.69) is 40.6 Å². The molecule has 1 aliphatic heterocycles. The molecule has 0 saturated carbocycles. The highest BCUT2D eigenvalue weighted by Crippen LogP contribution is 2.25. The zero-order chi connectivity index (χ0) is 12.4. The number of hydrogen-bond acceptors (Lipinski definition) is 3. The Bertz CT molecular complexity index is 522. The summed E-state index contributed by atoms with van der Waals surface area (Å²) in [4.78, 5) is 0. The van der Waals surface area contributed by atoms with Crippen molar-refractivity contribution in [1.82, 2.24) is 10.2 Å². The van der Waals surface area contributed by atoms with E-state index in [1.807, 2.05) is 6.20 Å². The zero-order valence-electron chi connectivity index (χ0n) is 10.6. The lowest BCUT2D eigenvalue weighted by atomic mass is 10.0. The van der Waals surface area contributed by atoms with Crippen molar-refractivity contribution in [3.63, 3.8) is 0 Å². The second-order valence-electron chi connectivity index (χ2n) is 4.91. The molecule has 96 valence electrons. The van der Waals surface area contributed by atoms with Crippen molar-refractivity contribution in [2.24, 2.45) is 0 Å². The maximum Gasteiger partial charge on any atom is 0.0881 e. The molecular formula is C14H19N3O. The third kappa shape index (κ3) is 2.20. The first-order valence-corrected chi connectivity index (χ1v) is 6.67. The topological polar surface area (TPSA) is 49.9 Å². The fourth-order valence-corrected chi connectivity index (χ4v) is 2.60. The van der Waals surface area contributed by atoms with Crippen molar-refractivity contribution in [3.8, 4) is 0 Å². The van der Waals surface area contributed by atoms with E-state index in [4.69, 9.17) is 4.74 Å². The number of fused-ring (bicyclic) bond motifs is 1. The minimum atomic E-state index is 0.400. The Labute approximate surface area is 107 Å². The van der Waals surface area contributed by atoms with Crippen molar-refractivity contribution < 1.29 is 4.74 Å². The lowest BCUT2D eigenvalue weighted by molar-refractivity contribution is 0.00927. The Balaban J connectivity index is 1.77. The van der Waals surface area contributed by atoms with E-state index in [1.54, 1.807) is 0 Å². The fourth-order valence-electron chi connectivity index (χ4n) is 2.60. The summed E-state index contributed by atoms with van der Waals surface area (Å²) in [6, 6.07) is 6.74. The third-order valence-corrected chi connectivity index (χ3v) is 3.66. The van der Waals surface area contributed by atoms with Crippen LogP contribution >= 0.6 is 0 Å². The number of aromatic amines is 1. The van der Waals surface area contributed by atoms with Gasteiger partial charge in [0.25, 0.3) is 0 Å². The van der Waals surface area contributed by atoms with Gasteiger partial charge in [0.1, 0.15) is 0 Å². The van der Waals surface area contributed by atoms with Crippen LogP contribution in [0.1, 0.15) is 26.2 Å². The summed E-state index contributed by atoms with van der Waals surface area (Å²) in [6.07, 6.45) is 5.51. The second kappa shape index (κ2) is 4.98. The molecule has 3 rings (SSSR count). The van der Waals surface area contributed by atoms with E-state index >= 15 is 0 Å². The summed E-state index contributed by atoms with van der Waals surface area (Å²) >= 11 is 0. The maximum atomic E-state index is 5.71. The largest absolute Gasteiger partial charge is 0.380 e. The number of hydrogen-bond donors (Lipinski definition) is 2. The Hall–Kier alpha value is -1.55. The van der Waals surface area contributed by atoms with E-state index in [1.165, 1.54) is 0 Å². The van der Waals surface area contributed by atoms with Crippen LogP contribution < -0.4 is 5.32 Å². The quantitative estimate of drug-likeness (QED) is 0.874. The van der Waals surface area contributed by atoms with Crippen LogP contribution in [0.3, 0.4) is 0 Å². The van der Waals surface area contributed by atoms with Crippen LogP contribution in [0.2, 0.25) is 0 Å². The van der Waals surface area contributed by atoms with Gasteiger partial charge in [-0.05, 0) is 25.3 Å². The molecule has 1 aliphatic rings. The standard InChI is InChI=1S/C14H19N3O/c1-2-12-8-11(6-7-18-12)16-13-5-3-4-10-9-15-17-14(10)13/h3-5,9,11-12,16H,2,6-8H2,1H3,(H,15,17). The Morgan fingerprint density at radius 1 is 1.50 bits per heavy atom. The minimum absolute atomic E-state index is 0.400. The highest BCUT2D eigenvalue weighted by molar-refractivity contribution is 5.89. The van der Waals surface area contributed by atoms with Crippen LogP contribution in [0.4, 0.5) is 5.69 Å². The summed E-state index contributed by atoms with van der Waals surface area (Å²) in [6.45, 7) is 3.04. The van der Waals surface area contributed by atoms with Gasteiger partial charge in [0.15, 0.2) is 0 Å². The molecule has 0 spiro atoms.